The van der Waals surface area contributed by atoms with E-state index in [4.69, 9.17) is 5.11 Å². The number of aliphatic hydroxyl groups excluding tert-OH is 2. The summed E-state index contributed by atoms with van der Waals surface area (Å²) in [5.74, 6) is 0.250. The molecule has 0 spiro atoms. The molecular weight excluding hydrogens is 140 g/mol. The summed E-state index contributed by atoms with van der Waals surface area (Å²) in [6.45, 7) is 5.64. The van der Waals surface area contributed by atoms with Crippen molar-refractivity contribution in [1.82, 2.24) is 0 Å². The van der Waals surface area contributed by atoms with Gasteiger partial charge in [-0.1, -0.05) is 26.0 Å². The van der Waals surface area contributed by atoms with Crippen molar-refractivity contribution in [3.05, 3.63) is 12.2 Å². The van der Waals surface area contributed by atoms with Crippen LogP contribution < -0.4 is 0 Å². The molecule has 0 aromatic rings. The second kappa shape index (κ2) is 5.33. The van der Waals surface area contributed by atoms with E-state index in [1.54, 1.807) is 13.0 Å². The number of hydrogen-bond acceptors (Lipinski definition) is 2. The predicted octanol–water partition coefficient (Wildman–Crippen LogP) is 1.33. The highest BCUT2D eigenvalue weighted by Gasteiger charge is 2.03. The molecule has 0 aliphatic carbocycles. The van der Waals surface area contributed by atoms with E-state index in [1.807, 2.05) is 19.9 Å². The minimum absolute atomic E-state index is 0.250. The highest BCUT2D eigenvalue weighted by molar-refractivity contribution is 4.90. The van der Waals surface area contributed by atoms with Crippen molar-refractivity contribution >= 4 is 0 Å². The highest BCUT2D eigenvalue weighted by atomic mass is 16.3. The Morgan fingerprint density at radius 2 is 1.73 bits per heavy atom. The normalized spacial score (nSPS) is 17.6. The van der Waals surface area contributed by atoms with Crippen LogP contribution in [-0.2, 0) is 0 Å². The molecule has 0 amide bonds. The van der Waals surface area contributed by atoms with Crippen molar-refractivity contribution in [2.45, 2.75) is 39.4 Å². The third-order valence-corrected chi connectivity index (χ3v) is 1.49. The van der Waals surface area contributed by atoms with Gasteiger partial charge in [0.15, 0.2) is 0 Å². The van der Waals surface area contributed by atoms with Gasteiger partial charge in [0.25, 0.3) is 0 Å². The quantitative estimate of drug-likeness (QED) is 0.606. The SMILES string of the molecule is CC(O)CC=CC(O)C(C)C. The standard InChI is InChI=1S/C9H18O2/c1-7(2)9(11)6-4-5-8(3)10/h4,6-11H,5H2,1-3H3. The Labute approximate surface area is 68.6 Å². The number of rotatable bonds is 4. The minimum atomic E-state index is -0.381. The Bertz CT molecular complexity index is 117. The van der Waals surface area contributed by atoms with Crippen LogP contribution in [0.1, 0.15) is 27.2 Å². The molecule has 0 aromatic carbocycles. The largest absolute Gasteiger partial charge is 0.393 e. The van der Waals surface area contributed by atoms with Crippen molar-refractivity contribution in [3.63, 3.8) is 0 Å². The van der Waals surface area contributed by atoms with Gasteiger partial charge in [0, 0.05) is 0 Å². The van der Waals surface area contributed by atoms with E-state index < -0.39 is 0 Å². The molecule has 0 saturated carbocycles. The molecule has 0 aromatic heterocycles. The third kappa shape index (κ3) is 6.07. The molecule has 0 radical (unpaired) electrons. The highest BCUT2D eigenvalue weighted by Crippen LogP contribution is 2.03. The van der Waals surface area contributed by atoms with E-state index in [0.29, 0.717) is 6.42 Å². The summed E-state index contributed by atoms with van der Waals surface area (Å²) < 4.78 is 0. The summed E-state index contributed by atoms with van der Waals surface area (Å²) in [7, 11) is 0. The molecule has 0 aliphatic rings. The fourth-order valence-electron chi connectivity index (χ4n) is 0.637. The monoisotopic (exact) mass is 158 g/mol. The molecule has 11 heavy (non-hydrogen) atoms. The van der Waals surface area contributed by atoms with Gasteiger partial charge in [0.1, 0.15) is 0 Å². The zero-order valence-electron chi connectivity index (χ0n) is 7.49. The maximum Gasteiger partial charge on any atom is 0.0743 e. The summed E-state index contributed by atoms with van der Waals surface area (Å²) in [6.07, 6.45) is 3.47. The smallest absolute Gasteiger partial charge is 0.0743 e. The fraction of sp³-hybridized carbons (Fsp3) is 0.778. The molecule has 0 rings (SSSR count). The van der Waals surface area contributed by atoms with Gasteiger partial charge in [-0.2, -0.15) is 0 Å². The van der Waals surface area contributed by atoms with E-state index >= 15 is 0 Å². The van der Waals surface area contributed by atoms with Crippen molar-refractivity contribution < 1.29 is 10.2 Å². The van der Waals surface area contributed by atoms with Crippen LogP contribution in [0.2, 0.25) is 0 Å². The van der Waals surface area contributed by atoms with Crippen molar-refractivity contribution in [2.24, 2.45) is 5.92 Å². The molecule has 2 atom stereocenters. The lowest BCUT2D eigenvalue weighted by atomic mass is 10.1. The van der Waals surface area contributed by atoms with Crippen molar-refractivity contribution in [3.8, 4) is 0 Å². The fourth-order valence-corrected chi connectivity index (χ4v) is 0.637. The van der Waals surface area contributed by atoms with Gasteiger partial charge in [0.2, 0.25) is 0 Å². The van der Waals surface area contributed by atoms with E-state index in [-0.39, 0.29) is 18.1 Å². The second-order valence-electron chi connectivity index (χ2n) is 3.25. The first-order chi connectivity index (χ1) is 5.04. The van der Waals surface area contributed by atoms with Crippen LogP contribution in [0, 0.1) is 5.92 Å². The summed E-state index contributed by atoms with van der Waals surface area (Å²) >= 11 is 0. The molecule has 2 unspecified atom stereocenters. The van der Waals surface area contributed by atoms with Crippen LogP contribution in [0.15, 0.2) is 12.2 Å². The Kier molecular flexibility index (Phi) is 5.16. The van der Waals surface area contributed by atoms with Crippen LogP contribution in [-0.4, -0.2) is 22.4 Å². The van der Waals surface area contributed by atoms with Crippen molar-refractivity contribution in [2.75, 3.05) is 0 Å². The van der Waals surface area contributed by atoms with Crippen molar-refractivity contribution in [1.29, 1.82) is 0 Å². The minimum Gasteiger partial charge on any atom is -0.393 e. The van der Waals surface area contributed by atoms with Gasteiger partial charge in [-0.25, -0.2) is 0 Å². The van der Waals surface area contributed by atoms with Crippen LogP contribution in [0.3, 0.4) is 0 Å². The van der Waals surface area contributed by atoms with E-state index in [1.165, 1.54) is 0 Å². The zero-order valence-corrected chi connectivity index (χ0v) is 7.49. The Hall–Kier alpha value is -0.340. The third-order valence-electron chi connectivity index (χ3n) is 1.49. The van der Waals surface area contributed by atoms with E-state index in [0.717, 1.165) is 0 Å². The molecule has 66 valence electrons. The summed E-state index contributed by atoms with van der Waals surface area (Å²) in [4.78, 5) is 0. The molecule has 0 bridgehead atoms. The average molecular weight is 158 g/mol. The summed E-state index contributed by atoms with van der Waals surface area (Å²) in [5.41, 5.74) is 0. The molecular formula is C9H18O2. The first kappa shape index (κ1) is 10.7. The zero-order chi connectivity index (χ0) is 8.85. The average Bonchev–Trinajstić information content (AvgIpc) is 1.86. The Balaban J connectivity index is 3.56. The number of hydrogen-bond donors (Lipinski definition) is 2. The Morgan fingerprint density at radius 1 is 1.18 bits per heavy atom. The van der Waals surface area contributed by atoms with E-state index in [9.17, 15) is 5.11 Å². The lowest BCUT2D eigenvalue weighted by Crippen LogP contribution is -2.10. The van der Waals surface area contributed by atoms with Gasteiger partial charge < -0.3 is 10.2 Å². The van der Waals surface area contributed by atoms with Gasteiger partial charge in [0.05, 0.1) is 12.2 Å². The van der Waals surface area contributed by atoms with Gasteiger partial charge in [-0.3, -0.25) is 0 Å². The topological polar surface area (TPSA) is 40.5 Å². The van der Waals surface area contributed by atoms with Gasteiger partial charge in [-0.05, 0) is 19.3 Å². The van der Waals surface area contributed by atoms with E-state index in [2.05, 4.69) is 0 Å². The molecule has 2 N–H and O–H groups in total. The maximum atomic E-state index is 9.27. The summed E-state index contributed by atoms with van der Waals surface area (Å²) in [6, 6.07) is 0. The molecule has 0 aliphatic heterocycles. The predicted molar refractivity (Wildman–Crippen MR) is 46.3 cm³/mol. The first-order valence-electron chi connectivity index (χ1n) is 4.06. The first-order valence-corrected chi connectivity index (χ1v) is 4.06. The van der Waals surface area contributed by atoms with Crippen LogP contribution in [0.25, 0.3) is 0 Å². The molecule has 0 heterocycles. The number of aliphatic hydroxyl groups is 2. The van der Waals surface area contributed by atoms with Crippen LogP contribution in [0.5, 0.6) is 0 Å². The maximum absolute atomic E-state index is 9.27. The van der Waals surface area contributed by atoms with Crippen LogP contribution >= 0.6 is 0 Å². The van der Waals surface area contributed by atoms with Gasteiger partial charge >= 0.3 is 0 Å². The van der Waals surface area contributed by atoms with Crippen LogP contribution in [0.4, 0.5) is 0 Å². The molecule has 0 fully saturated rings. The Morgan fingerprint density at radius 3 is 2.09 bits per heavy atom. The molecule has 0 saturated heterocycles. The van der Waals surface area contributed by atoms with Gasteiger partial charge in [-0.15, -0.1) is 0 Å². The molecule has 2 heteroatoms. The lowest BCUT2D eigenvalue weighted by Gasteiger charge is -2.08. The summed E-state index contributed by atoms with van der Waals surface area (Å²) in [5, 5.41) is 18.1. The lowest BCUT2D eigenvalue weighted by molar-refractivity contribution is 0.170. The second-order valence-corrected chi connectivity index (χ2v) is 3.25. The molecule has 2 nitrogen and oxygen atoms in total.